The minimum atomic E-state index is -0.308. The van der Waals surface area contributed by atoms with Crippen molar-refractivity contribution in [3.05, 3.63) is 23.3 Å². The van der Waals surface area contributed by atoms with Crippen LogP contribution >= 0.6 is 0 Å². The smallest absolute Gasteiger partial charge is 0.334 e. The molecule has 0 saturated heterocycles. The Morgan fingerprint density at radius 2 is 1.22 bits per heavy atom. The zero-order valence-electron chi connectivity index (χ0n) is 11.4. The summed E-state index contributed by atoms with van der Waals surface area (Å²) in [4.78, 5) is 23.3. The summed E-state index contributed by atoms with van der Waals surface area (Å²) in [6.07, 6.45) is 4.06. The van der Waals surface area contributed by atoms with Gasteiger partial charge in [0.05, 0.1) is 12.2 Å². The van der Waals surface area contributed by atoms with Crippen LogP contribution in [0, 0.1) is 0 Å². The molecule has 0 aromatic carbocycles. The van der Waals surface area contributed by atoms with Crippen LogP contribution in [-0.2, 0) is 19.1 Å². The molecule has 0 spiro atoms. The van der Waals surface area contributed by atoms with E-state index in [0.717, 1.165) is 0 Å². The van der Waals surface area contributed by atoms with Crippen molar-refractivity contribution in [1.29, 1.82) is 0 Å². The Labute approximate surface area is 108 Å². The van der Waals surface area contributed by atoms with Gasteiger partial charge in [0.1, 0.15) is 0 Å². The van der Waals surface area contributed by atoms with Gasteiger partial charge in [0.25, 0.3) is 0 Å². The summed E-state index contributed by atoms with van der Waals surface area (Å²) in [5.41, 5.74) is 1.20. The second kappa shape index (κ2) is 6.38. The number of carbonyl (C=O) groups is 2. The van der Waals surface area contributed by atoms with Crippen LogP contribution in [0.5, 0.6) is 0 Å². The number of hydrogen-bond acceptors (Lipinski definition) is 4. The van der Waals surface area contributed by atoms with E-state index in [2.05, 4.69) is 0 Å². The molecule has 0 atom stereocenters. The van der Waals surface area contributed by atoms with Crippen molar-refractivity contribution in [3.8, 4) is 0 Å². The fourth-order valence-electron chi connectivity index (χ4n) is 1.55. The largest absolute Gasteiger partial charge is 0.460 e. The zero-order chi connectivity index (χ0) is 13.7. The van der Waals surface area contributed by atoms with Gasteiger partial charge in [0.15, 0.2) is 0 Å². The Hall–Kier alpha value is -1.58. The highest BCUT2D eigenvalue weighted by molar-refractivity contribution is 5.93. The average molecular weight is 252 g/mol. The molecule has 0 amide bonds. The van der Waals surface area contributed by atoms with E-state index in [-0.39, 0.29) is 24.1 Å². The first-order valence-electron chi connectivity index (χ1n) is 6.20. The van der Waals surface area contributed by atoms with E-state index in [4.69, 9.17) is 9.47 Å². The van der Waals surface area contributed by atoms with Crippen molar-refractivity contribution < 1.29 is 19.1 Å². The van der Waals surface area contributed by atoms with Crippen LogP contribution in [0.3, 0.4) is 0 Å². The quantitative estimate of drug-likeness (QED) is 0.721. The van der Waals surface area contributed by atoms with E-state index >= 15 is 0 Å². The van der Waals surface area contributed by atoms with Gasteiger partial charge in [-0.05, 0) is 40.5 Å². The molecule has 4 nitrogen and oxygen atoms in total. The van der Waals surface area contributed by atoms with Gasteiger partial charge in [-0.3, -0.25) is 0 Å². The van der Waals surface area contributed by atoms with Crippen LogP contribution in [0.4, 0.5) is 0 Å². The lowest BCUT2D eigenvalue weighted by Gasteiger charge is -2.15. The van der Waals surface area contributed by atoms with Crippen LogP contribution in [0.25, 0.3) is 0 Å². The lowest BCUT2D eigenvalue weighted by atomic mass is 9.99. The minimum absolute atomic E-state index is 0.130. The highest BCUT2D eigenvalue weighted by Crippen LogP contribution is 2.20. The van der Waals surface area contributed by atoms with E-state index in [9.17, 15) is 9.59 Å². The molecule has 0 fully saturated rings. The van der Waals surface area contributed by atoms with Crippen LogP contribution < -0.4 is 0 Å². The van der Waals surface area contributed by atoms with Crippen molar-refractivity contribution in [1.82, 2.24) is 0 Å². The van der Waals surface area contributed by atoms with Gasteiger partial charge in [0, 0.05) is 11.1 Å². The molecule has 0 aromatic rings. The van der Waals surface area contributed by atoms with Crippen molar-refractivity contribution >= 4 is 11.9 Å². The summed E-state index contributed by atoms with van der Waals surface area (Å²) in [5, 5.41) is 0. The molecular formula is C14H20O4. The molecule has 0 unspecified atom stereocenters. The first kappa shape index (κ1) is 14.5. The second-order valence-electron chi connectivity index (χ2n) is 4.78. The molecule has 18 heavy (non-hydrogen) atoms. The Kier molecular flexibility index (Phi) is 5.13. The van der Waals surface area contributed by atoms with E-state index in [1.54, 1.807) is 12.2 Å². The minimum Gasteiger partial charge on any atom is -0.460 e. The Morgan fingerprint density at radius 3 is 1.44 bits per heavy atom. The third-order valence-electron chi connectivity index (χ3n) is 2.35. The summed E-state index contributed by atoms with van der Waals surface area (Å²) >= 11 is 0. The SMILES string of the molecule is CC(C)OC(=O)C1=CCC(C(=O)OC(C)C)=CC1. The second-order valence-corrected chi connectivity index (χ2v) is 4.78. The summed E-state index contributed by atoms with van der Waals surface area (Å²) in [6.45, 7) is 7.23. The van der Waals surface area contributed by atoms with E-state index < -0.39 is 0 Å². The van der Waals surface area contributed by atoms with E-state index in [1.165, 1.54) is 0 Å². The summed E-state index contributed by atoms with van der Waals surface area (Å²) < 4.78 is 10.2. The molecule has 1 rings (SSSR count). The summed E-state index contributed by atoms with van der Waals surface area (Å²) in [6, 6.07) is 0. The third kappa shape index (κ3) is 4.35. The number of esters is 2. The molecule has 1 aliphatic rings. The molecule has 0 bridgehead atoms. The maximum absolute atomic E-state index is 11.6. The highest BCUT2D eigenvalue weighted by atomic mass is 16.5. The van der Waals surface area contributed by atoms with Gasteiger partial charge in [-0.1, -0.05) is 12.2 Å². The topological polar surface area (TPSA) is 52.6 Å². The Morgan fingerprint density at radius 1 is 0.889 bits per heavy atom. The molecule has 0 N–H and O–H groups in total. The van der Waals surface area contributed by atoms with Crippen molar-refractivity contribution in [2.24, 2.45) is 0 Å². The lowest BCUT2D eigenvalue weighted by Crippen LogP contribution is -2.17. The first-order valence-corrected chi connectivity index (χ1v) is 6.20. The Balaban J connectivity index is 2.54. The number of hydrogen-bond donors (Lipinski definition) is 0. The third-order valence-corrected chi connectivity index (χ3v) is 2.35. The van der Waals surface area contributed by atoms with Crippen molar-refractivity contribution in [2.45, 2.75) is 52.7 Å². The maximum Gasteiger partial charge on any atom is 0.334 e. The molecule has 0 radical (unpaired) electrons. The monoisotopic (exact) mass is 252 g/mol. The van der Waals surface area contributed by atoms with Crippen molar-refractivity contribution in [3.63, 3.8) is 0 Å². The van der Waals surface area contributed by atoms with Crippen LogP contribution in [0.15, 0.2) is 23.3 Å². The zero-order valence-corrected chi connectivity index (χ0v) is 11.4. The number of carbonyl (C=O) groups excluding carboxylic acids is 2. The van der Waals surface area contributed by atoms with Crippen LogP contribution in [-0.4, -0.2) is 24.1 Å². The van der Waals surface area contributed by atoms with Crippen LogP contribution in [0.2, 0.25) is 0 Å². The molecule has 4 heteroatoms. The fourth-order valence-corrected chi connectivity index (χ4v) is 1.55. The Bertz CT molecular complexity index is 351. The molecule has 0 aliphatic heterocycles. The first-order chi connectivity index (χ1) is 8.40. The molecular weight excluding hydrogens is 232 g/mol. The number of ether oxygens (including phenoxy) is 2. The molecule has 0 aromatic heterocycles. The van der Waals surface area contributed by atoms with Gasteiger partial charge in [-0.25, -0.2) is 9.59 Å². The highest BCUT2D eigenvalue weighted by Gasteiger charge is 2.19. The number of allylic oxidation sites excluding steroid dienone is 2. The van der Waals surface area contributed by atoms with Gasteiger partial charge < -0.3 is 9.47 Å². The van der Waals surface area contributed by atoms with Gasteiger partial charge in [-0.2, -0.15) is 0 Å². The van der Waals surface area contributed by atoms with Gasteiger partial charge in [-0.15, -0.1) is 0 Å². The molecule has 100 valence electrons. The lowest BCUT2D eigenvalue weighted by molar-refractivity contribution is -0.144. The molecule has 1 aliphatic carbocycles. The van der Waals surface area contributed by atoms with E-state index in [1.807, 2.05) is 27.7 Å². The summed E-state index contributed by atoms with van der Waals surface area (Å²) in [7, 11) is 0. The molecule has 0 heterocycles. The standard InChI is InChI=1S/C14H20O4/c1-9(2)17-13(15)11-5-7-12(8-6-11)14(16)18-10(3)4/h5,8-10H,6-7H2,1-4H3. The summed E-state index contributed by atoms with van der Waals surface area (Å²) in [5.74, 6) is -0.616. The predicted octanol–water partition coefficient (Wildman–Crippen LogP) is 2.54. The maximum atomic E-state index is 11.6. The fraction of sp³-hybridized carbons (Fsp3) is 0.571. The normalized spacial score (nSPS) is 15.2. The molecule has 0 saturated carbocycles. The average Bonchev–Trinajstić information content (AvgIpc) is 2.27. The van der Waals surface area contributed by atoms with Gasteiger partial charge in [0.2, 0.25) is 0 Å². The van der Waals surface area contributed by atoms with Crippen LogP contribution in [0.1, 0.15) is 40.5 Å². The predicted molar refractivity (Wildman–Crippen MR) is 67.9 cm³/mol. The number of rotatable bonds is 4. The van der Waals surface area contributed by atoms with Gasteiger partial charge >= 0.3 is 11.9 Å². The van der Waals surface area contributed by atoms with E-state index in [0.29, 0.717) is 24.0 Å². The van der Waals surface area contributed by atoms with Crippen molar-refractivity contribution in [2.75, 3.05) is 0 Å².